The van der Waals surface area contributed by atoms with Crippen LogP contribution in [0.1, 0.15) is 29.4 Å². The minimum absolute atomic E-state index is 0.855. The van der Waals surface area contributed by atoms with Crippen molar-refractivity contribution in [3.63, 3.8) is 0 Å². The van der Waals surface area contributed by atoms with Crippen LogP contribution in [0.3, 0.4) is 0 Å². The summed E-state index contributed by atoms with van der Waals surface area (Å²) in [7, 11) is 0. The van der Waals surface area contributed by atoms with E-state index in [1.807, 2.05) is 35.9 Å². The van der Waals surface area contributed by atoms with E-state index < -0.39 is 5.97 Å². The Labute approximate surface area is 118 Å². The molecule has 0 bridgehead atoms. The summed E-state index contributed by atoms with van der Waals surface area (Å²) >= 11 is 0. The standard InChI is InChI=1S/C16H18N2O2/c1-4-15-11(2)17-18(12(15)3)14-8-5-13(6-9-14)7-10-16(19)20/h5-10H,4H2,1-3H3,(H,19,20)/b10-7+. The van der Waals surface area contributed by atoms with Gasteiger partial charge in [0.2, 0.25) is 0 Å². The first-order chi connectivity index (χ1) is 9.52. The van der Waals surface area contributed by atoms with Crippen LogP contribution >= 0.6 is 0 Å². The third-order valence-corrected chi connectivity index (χ3v) is 3.35. The van der Waals surface area contributed by atoms with Gasteiger partial charge < -0.3 is 5.11 Å². The first-order valence-electron chi connectivity index (χ1n) is 6.59. The molecule has 4 nitrogen and oxygen atoms in total. The van der Waals surface area contributed by atoms with Crippen LogP contribution in [0.25, 0.3) is 11.8 Å². The second-order valence-corrected chi connectivity index (χ2v) is 4.68. The van der Waals surface area contributed by atoms with Crippen molar-refractivity contribution in [2.24, 2.45) is 0 Å². The summed E-state index contributed by atoms with van der Waals surface area (Å²) in [5.74, 6) is -0.944. The highest BCUT2D eigenvalue weighted by molar-refractivity contribution is 5.85. The van der Waals surface area contributed by atoms with Gasteiger partial charge in [0.05, 0.1) is 11.4 Å². The molecule has 104 valence electrons. The second kappa shape index (κ2) is 5.74. The molecule has 0 spiro atoms. The Balaban J connectivity index is 2.33. The molecule has 0 unspecified atom stereocenters. The molecule has 1 N–H and O–H groups in total. The van der Waals surface area contributed by atoms with Crippen LogP contribution in [0.2, 0.25) is 0 Å². The van der Waals surface area contributed by atoms with Gasteiger partial charge in [-0.15, -0.1) is 0 Å². The highest BCUT2D eigenvalue weighted by Crippen LogP contribution is 2.19. The highest BCUT2D eigenvalue weighted by Gasteiger charge is 2.10. The van der Waals surface area contributed by atoms with Crippen LogP contribution in [0, 0.1) is 13.8 Å². The maximum Gasteiger partial charge on any atom is 0.328 e. The summed E-state index contributed by atoms with van der Waals surface area (Å²) in [5, 5.41) is 13.2. The van der Waals surface area contributed by atoms with E-state index in [2.05, 4.69) is 18.9 Å². The minimum atomic E-state index is -0.944. The maximum absolute atomic E-state index is 10.5. The topological polar surface area (TPSA) is 55.1 Å². The number of aromatic nitrogens is 2. The molecule has 2 aromatic rings. The lowest BCUT2D eigenvalue weighted by molar-refractivity contribution is -0.131. The number of hydrogen-bond donors (Lipinski definition) is 1. The van der Waals surface area contributed by atoms with Gasteiger partial charge in [0, 0.05) is 11.8 Å². The molecule has 0 aliphatic rings. The molecule has 0 fully saturated rings. The number of hydrogen-bond acceptors (Lipinski definition) is 2. The van der Waals surface area contributed by atoms with Crippen molar-refractivity contribution >= 4 is 12.0 Å². The fraction of sp³-hybridized carbons (Fsp3) is 0.250. The van der Waals surface area contributed by atoms with E-state index >= 15 is 0 Å². The third kappa shape index (κ3) is 2.79. The van der Waals surface area contributed by atoms with Crippen molar-refractivity contribution in [3.8, 4) is 5.69 Å². The lowest BCUT2D eigenvalue weighted by Crippen LogP contribution is -1.99. The zero-order chi connectivity index (χ0) is 14.7. The molecule has 20 heavy (non-hydrogen) atoms. The lowest BCUT2D eigenvalue weighted by Gasteiger charge is -2.05. The number of benzene rings is 1. The molecular formula is C16H18N2O2. The molecule has 4 heteroatoms. The predicted molar refractivity (Wildman–Crippen MR) is 79.1 cm³/mol. The number of carbonyl (C=O) groups is 1. The van der Waals surface area contributed by atoms with Crippen LogP contribution in [-0.4, -0.2) is 20.9 Å². The maximum atomic E-state index is 10.5. The van der Waals surface area contributed by atoms with Crippen molar-refractivity contribution in [2.75, 3.05) is 0 Å². The number of aliphatic carboxylic acids is 1. The van der Waals surface area contributed by atoms with Crippen molar-refractivity contribution in [3.05, 3.63) is 52.9 Å². The normalized spacial score (nSPS) is 11.2. The SMILES string of the molecule is CCc1c(C)nn(-c2ccc(/C=C/C(=O)O)cc2)c1C. The van der Waals surface area contributed by atoms with E-state index in [4.69, 9.17) is 5.11 Å². The Morgan fingerprint density at radius 3 is 2.45 bits per heavy atom. The summed E-state index contributed by atoms with van der Waals surface area (Å²) in [6.45, 7) is 6.21. The monoisotopic (exact) mass is 270 g/mol. The highest BCUT2D eigenvalue weighted by atomic mass is 16.4. The van der Waals surface area contributed by atoms with Gasteiger partial charge in [-0.2, -0.15) is 5.10 Å². The average molecular weight is 270 g/mol. The Morgan fingerprint density at radius 2 is 1.95 bits per heavy atom. The fourth-order valence-corrected chi connectivity index (χ4v) is 2.33. The van der Waals surface area contributed by atoms with Gasteiger partial charge in [-0.25, -0.2) is 9.48 Å². The van der Waals surface area contributed by atoms with E-state index in [1.54, 1.807) is 6.08 Å². The molecule has 0 aliphatic carbocycles. The summed E-state index contributed by atoms with van der Waals surface area (Å²) in [6.07, 6.45) is 3.68. The second-order valence-electron chi connectivity index (χ2n) is 4.68. The lowest BCUT2D eigenvalue weighted by atomic mass is 10.1. The van der Waals surface area contributed by atoms with Crippen LogP contribution in [-0.2, 0) is 11.2 Å². The average Bonchev–Trinajstić information content (AvgIpc) is 2.72. The Morgan fingerprint density at radius 1 is 1.30 bits per heavy atom. The zero-order valence-electron chi connectivity index (χ0n) is 11.9. The molecule has 2 rings (SSSR count). The Bertz CT molecular complexity index is 652. The first-order valence-corrected chi connectivity index (χ1v) is 6.59. The molecule has 1 aromatic heterocycles. The van der Waals surface area contributed by atoms with E-state index in [1.165, 1.54) is 5.56 Å². The van der Waals surface area contributed by atoms with Gasteiger partial charge in [-0.05, 0) is 49.6 Å². The number of rotatable bonds is 4. The number of carboxylic acid groups (broad SMARTS) is 1. The van der Waals surface area contributed by atoms with Gasteiger partial charge in [-0.3, -0.25) is 0 Å². The quantitative estimate of drug-likeness (QED) is 0.868. The number of carboxylic acids is 1. The van der Waals surface area contributed by atoms with E-state index in [0.717, 1.165) is 35.1 Å². The van der Waals surface area contributed by atoms with Crippen molar-refractivity contribution < 1.29 is 9.90 Å². The van der Waals surface area contributed by atoms with Gasteiger partial charge in [-0.1, -0.05) is 19.1 Å². The minimum Gasteiger partial charge on any atom is -0.478 e. The smallest absolute Gasteiger partial charge is 0.328 e. The van der Waals surface area contributed by atoms with E-state index in [0.29, 0.717) is 0 Å². The van der Waals surface area contributed by atoms with Crippen LogP contribution < -0.4 is 0 Å². The molecule has 1 heterocycles. The van der Waals surface area contributed by atoms with Gasteiger partial charge in [0.25, 0.3) is 0 Å². The molecule has 0 radical (unpaired) electrons. The first kappa shape index (κ1) is 14.1. The largest absolute Gasteiger partial charge is 0.478 e. The predicted octanol–water partition coefficient (Wildman–Crippen LogP) is 3.15. The van der Waals surface area contributed by atoms with Crippen LogP contribution in [0.4, 0.5) is 0 Å². The van der Waals surface area contributed by atoms with E-state index in [-0.39, 0.29) is 0 Å². The van der Waals surface area contributed by atoms with Crippen molar-refractivity contribution in [1.82, 2.24) is 9.78 Å². The van der Waals surface area contributed by atoms with Gasteiger partial charge in [0.15, 0.2) is 0 Å². The molecule has 0 saturated heterocycles. The molecule has 0 amide bonds. The van der Waals surface area contributed by atoms with Crippen LogP contribution in [0.5, 0.6) is 0 Å². The summed E-state index contributed by atoms with van der Waals surface area (Å²) in [4.78, 5) is 10.5. The molecule has 0 aliphatic heterocycles. The van der Waals surface area contributed by atoms with Gasteiger partial charge >= 0.3 is 5.97 Å². The van der Waals surface area contributed by atoms with Crippen molar-refractivity contribution in [2.45, 2.75) is 27.2 Å². The molecule has 0 saturated carbocycles. The number of aryl methyl sites for hydroxylation is 1. The van der Waals surface area contributed by atoms with Crippen molar-refractivity contribution in [1.29, 1.82) is 0 Å². The molecular weight excluding hydrogens is 252 g/mol. The number of nitrogens with zero attached hydrogens (tertiary/aromatic N) is 2. The summed E-state index contributed by atoms with van der Waals surface area (Å²) < 4.78 is 1.93. The summed E-state index contributed by atoms with van der Waals surface area (Å²) in [5.41, 5.74) is 5.32. The Kier molecular flexibility index (Phi) is 4.03. The molecule has 0 atom stereocenters. The zero-order valence-corrected chi connectivity index (χ0v) is 11.9. The van der Waals surface area contributed by atoms with E-state index in [9.17, 15) is 4.79 Å². The van der Waals surface area contributed by atoms with Crippen LogP contribution in [0.15, 0.2) is 30.3 Å². The summed E-state index contributed by atoms with van der Waals surface area (Å²) in [6, 6.07) is 7.66. The molecule has 1 aromatic carbocycles. The van der Waals surface area contributed by atoms with Gasteiger partial charge in [0.1, 0.15) is 0 Å². The Hall–Kier alpha value is -2.36. The fourth-order valence-electron chi connectivity index (χ4n) is 2.33. The third-order valence-electron chi connectivity index (χ3n) is 3.35.